The quantitative estimate of drug-likeness (QED) is 0.859. The lowest BCUT2D eigenvalue weighted by Gasteiger charge is -2.41. The summed E-state index contributed by atoms with van der Waals surface area (Å²) in [5.74, 6) is 0.409. The van der Waals surface area contributed by atoms with Crippen LogP contribution in [0.2, 0.25) is 0 Å². The van der Waals surface area contributed by atoms with Crippen LogP contribution in [0.5, 0.6) is 11.5 Å². The standard InChI is InChI=1S/C13H16O5/c1-16-10-4-3-9(5-11(10)17-2)13(6-12(14)15)7-18-8-13/h3-5H,6-8H2,1-2H3,(H,14,15). The first-order valence-corrected chi connectivity index (χ1v) is 5.63. The lowest BCUT2D eigenvalue weighted by molar-refractivity contribution is -0.145. The number of carboxylic acid groups (broad SMARTS) is 1. The summed E-state index contributed by atoms with van der Waals surface area (Å²) in [5.41, 5.74) is 0.472. The van der Waals surface area contributed by atoms with Gasteiger partial charge < -0.3 is 19.3 Å². The zero-order valence-electron chi connectivity index (χ0n) is 10.4. The molecule has 1 saturated heterocycles. The second-order valence-electron chi connectivity index (χ2n) is 4.41. The molecule has 0 spiro atoms. The normalized spacial score (nSPS) is 16.8. The average Bonchev–Trinajstić information content (AvgIpc) is 2.32. The van der Waals surface area contributed by atoms with Crippen LogP contribution in [0.4, 0.5) is 0 Å². The van der Waals surface area contributed by atoms with E-state index in [9.17, 15) is 4.79 Å². The number of benzene rings is 1. The van der Waals surface area contributed by atoms with Crippen molar-refractivity contribution >= 4 is 5.97 Å². The number of carboxylic acids is 1. The maximum absolute atomic E-state index is 10.9. The Hall–Kier alpha value is -1.75. The van der Waals surface area contributed by atoms with Crippen molar-refractivity contribution in [2.75, 3.05) is 27.4 Å². The third kappa shape index (κ3) is 2.13. The minimum Gasteiger partial charge on any atom is -0.493 e. The first-order chi connectivity index (χ1) is 8.61. The molecule has 1 aliphatic rings. The molecule has 0 unspecified atom stereocenters. The molecule has 0 aliphatic carbocycles. The molecule has 0 atom stereocenters. The zero-order valence-corrected chi connectivity index (χ0v) is 10.4. The van der Waals surface area contributed by atoms with Gasteiger partial charge in [0.2, 0.25) is 0 Å². The van der Waals surface area contributed by atoms with Crippen LogP contribution in [-0.4, -0.2) is 38.5 Å². The number of hydrogen-bond acceptors (Lipinski definition) is 4. The van der Waals surface area contributed by atoms with Crippen LogP contribution in [0.15, 0.2) is 18.2 Å². The van der Waals surface area contributed by atoms with E-state index in [4.69, 9.17) is 19.3 Å². The van der Waals surface area contributed by atoms with Gasteiger partial charge in [0.1, 0.15) is 0 Å². The molecule has 0 amide bonds. The summed E-state index contributed by atoms with van der Waals surface area (Å²) in [6.07, 6.45) is 0.0580. The van der Waals surface area contributed by atoms with Gasteiger partial charge in [-0.2, -0.15) is 0 Å². The Morgan fingerprint density at radius 1 is 1.33 bits per heavy atom. The van der Waals surface area contributed by atoms with E-state index in [-0.39, 0.29) is 6.42 Å². The van der Waals surface area contributed by atoms with Crippen LogP contribution in [-0.2, 0) is 14.9 Å². The molecule has 1 aromatic carbocycles. The molecule has 5 heteroatoms. The first-order valence-electron chi connectivity index (χ1n) is 5.63. The van der Waals surface area contributed by atoms with Gasteiger partial charge in [-0.05, 0) is 17.7 Å². The lowest BCUT2D eigenvalue weighted by atomic mass is 9.76. The Morgan fingerprint density at radius 2 is 2.00 bits per heavy atom. The van der Waals surface area contributed by atoms with E-state index in [1.807, 2.05) is 12.1 Å². The summed E-state index contributed by atoms with van der Waals surface area (Å²) < 4.78 is 15.6. The number of hydrogen-bond donors (Lipinski definition) is 1. The maximum atomic E-state index is 10.9. The third-order valence-corrected chi connectivity index (χ3v) is 3.24. The molecule has 0 aromatic heterocycles. The number of aliphatic carboxylic acids is 1. The zero-order chi connectivity index (χ0) is 13.2. The van der Waals surface area contributed by atoms with E-state index in [2.05, 4.69) is 0 Å². The Balaban J connectivity index is 2.34. The average molecular weight is 252 g/mol. The van der Waals surface area contributed by atoms with E-state index in [1.54, 1.807) is 20.3 Å². The van der Waals surface area contributed by atoms with Gasteiger partial charge >= 0.3 is 5.97 Å². The second-order valence-corrected chi connectivity index (χ2v) is 4.41. The van der Waals surface area contributed by atoms with E-state index in [1.165, 1.54) is 0 Å². The van der Waals surface area contributed by atoms with E-state index < -0.39 is 11.4 Å². The summed E-state index contributed by atoms with van der Waals surface area (Å²) in [6.45, 7) is 0.851. The Bertz CT molecular complexity index is 451. The van der Waals surface area contributed by atoms with Gasteiger partial charge in [0.05, 0.1) is 39.3 Å². The fourth-order valence-corrected chi connectivity index (χ4v) is 2.17. The predicted molar refractivity (Wildman–Crippen MR) is 64.3 cm³/mol. The van der Waals surface area contributed by atoms with Crippen molar-refractivity contribution in [1.29, 1.82) is 0 Å². The van der Waals surface area contributed by atoms with Crippen molar-refractivity contribution in [2.45, 2.75) is 11.8 Å². The van der Waals surface area contributed by atoms with E-state index in [0.29, 0.717) is 24.7 Å². The molecule has 2 rings (SSSR count). The summed E-state index contributed by atoms with van der Waals surface area (Å²) in [4.78, 5) is 10.9. The van der Waals surface area contributed by atoms with Crippen LogP contribution in [0, 0.1) is 0 Å². The van der Waals surface area contributed by atoms with Crippen LogP contribution < -0.4 is 9.47 Å². The molecule has 1 aromatic rings. The van der Waals surface area contributed by atoms with Gasteiger partial charge in [-0.3, -0.25) is 4.79 Å². The van der Waals surface area contributed by atoms with Gasteiger partial charge in [0.25, 0.3) is 0 Å². The monoisotopic (exact) mass is 252 g/mol. The van der Waals surface area contributed by atoms with Gasteiger partial charge in [0, 0.05) is 0 Å². The molecule has 18 heavy (non-hydrogen) atoms. The number of ether oxygens (including phenoxy) is 3. The van der Waals surface area contributed by atoms with E-state index >= 15 is 0 Å². The van der Waals surface area contributed by atoms with Gasteiger partial charge in [0.15, 0.2) is 11.5 Å². The minimum absolute atomic E-state index is 0.0580. The van der Waals surface area contributed by atoms with Crippen LogP contribution >= 0.6 is 0 Å². The van der Waals surface area contributed by atoms with Gasteiger partial charge in [-0.15, -0.1) is 0 Å². The fraction of sp³-hybridized carbons (Fsp3) is 0.462. The SMILES string of the molecule is COc1ccc(C2(CC(=O)O)COC2)cc1OC. The molecule has 1 aliphatic heterocycles. The summed E-state index contributed by atoms with van der Waals surface area (Å²) in [7, 11) is 3.12. The van der Waals surface area contributed by atoms with Crippen molar-refractivity contribution in [2.24, 2.45) is 0 Å². The molecular formula is C13H16O5. The Kier molecular flexibility index (Phi) is 3.43. The molecular weight excluding hydrogens is 236 g/mol. The highest BCUT2D eigenvalue weighted by Crippen LogP contribution is 2.39. The fourth-order valence-electron chi connectivity index (χ4n) is 2.17. The maximum Gasteiger partial charge on any atom is 0.304 e. The highest BCUT2D eigenvalue weighted by atomic mass is 16.5. The highest BCUT2D eigenvalue weighted by molar-refractivity contribution is 5.69. The summed E-state index contributed by atoms with van der Waals surface area (Å²) in [6, 6.07) is 5.48. The first kappa shape index (κ1) is 12.7. The topological polar surface area (TPSA) is 65.0 Å². The molecule has 5 nitrogen and oxygen atoms in total. The Morgan fingerprint density at radius 3 is 2.44 bits per heavy atom. The predicted octanol–water partition coefficient (Wildman–Crippen LogP) is 1.45. The highest BCUT2D eigenvalue weighted by Gasteiger charge is 2.42. The van der Waals surface area contributed by atoms with Crippen molar-refractivity contribution in [3.05, 3.63) is 23.8 Å². The molecule has 0 saturated carbocycles. The molecule has 0 radical (unpaired) electrons. The van der Waals surface area contributed by atoms with E-state index in [0.717, 1.165) is 5.56 Å². The van der Waals surface area contributed by atoms with Crippen molar-refractivity contribution in [3.8, 4) is 11.5 Å². The number of carbonyl (C=O) groups is 1. The lowest BCUT2D eigenvalue weighted by Crippen LogP contribution is -2.48. The Labute approximate surface area is 105 Å². The second kappa shape index (κ2) is 4.86. The summed E-state index contributed by atoms with van der Waals surface area (Å²) in [5, 5.41) is 8.99. The largest absolute Gasteiger partial charge is 0.493 e. The third-order valence-electron chi connectivity index (χ3n) is 3.24. The van der Waals surface area contributed by atoms with Crippen LogP contribution in [0.25, 0.3) is 0 Å². The number of methoxy groups -OCH3 is 2. The van der Waals surface area contributed by atoms with Gasteiger partial charge in [-0.1, -0.05) is 6.07 Å². The van der Waals surface area contributed by atoms with Gasteiger partial charge in [-0.25, -0.2) is 0 Å². The van der Waals surface area contributed by atoms with Crippen molar-refractivity contribution in [1.82, 2.24) is 0 Å². The summed E-state index contributed by atoms with van der Waals surface area (Å²) >= 11 is 0. The van der Waals surface area contributed by atoms with Crippen molar-refractivity contribution in [3.63, 3.8) is 0 Å². The van der Waals surface area contributed by atoms with Crippen LogP contribution in [0.3, 0.4) is 0 Å². The molecule has 98 valence electrons. The number of rotatable bonds is 5. The molecule has 1 fully saturated rings. The minimum atomic E-state index is -0.826. The van der Waals surface area contributed by atoms with Crippen molar-refractivity contribution < 1.29 is 24.1 Å². The van der Waals surface area contributed by atoms with Crippen LogP contribution in [0.1, 0.15) is 12.0 Å². The molecule has 1 heterocycles. The molecule has 1 N–H and O–H groups in total. The molecule has 0 bridgehead atoms. The smallest absolute Gasteiger partial charge is 0.304 e.